The molecule has 1 saturated carbocycles. The first-order valence-corrected chi connectivity index (χ1v) is 8.92. The highest BCUT2D eigenvalue weighted by molar-refractivity contribution is 5.45. The number of allylic oxidation sites excluding steroid dienone is 1. The van der Waals surface area contributed by atoms with Gasteiger partial charge in [-0.3, -0.25) is 0 Å². The molecule has 3 heteroatoms. The topological polar surface area (TPSA) is 66.5 Å². The number of aliphatic hydroxyl groups excluding tert-OH is 2. The van der Waals surface area contributed by atoms with Gasteiger partial charge in [-0.05, 0) is 61.9 Å². The molecular weight excluding hydrogens is 274 g/mol. The molecule has 4 aliphatic carbocycles. The molecule has 0 bridgehead atoms. The van der Waals surface area contributed by atoms with Gasteiger partial charge < -0.3 is 15.9 Å². The van der Waals surface area contributed by atoms with Gasteiger partial charge in [0.05, 0.1) is 12.2 Å². The second kappa shape index (κ2) is 4.68. The predicted molar refractivity (Wildman–Crippen MR) is 87.1 cm³/mol. The van der Waals surface area contributed by atoms with Gasteiger partial charge in [0.25, 0.3) is 0 Å². The van der Waals surface area contributed by atoms with Crippen molar-refractivity contribution in [3.05, 3.63) is 22.8 Å². The highest BCUT2D eigenvalue weighted by Crippen LogP contribution is 2.62. The molecule has 122 valence electrons. The Morgan fingerprint density at radius 1 is 1.14 bits per heavy atom. The number of hydrogen-bond donors (Lipinski definition) is 3. The molecular formula is C19H29NO2. The lowest BCUT2D eigenvalue weighted by atomic mass is 9.53. The van der Waals surface area contributed by atoms with Crippen molar-refractivity contribution in [2.24, 2.45) is 22.5 Å². The van der Waals surface area contributed by atoms with Crippen LogP contribution in [0.4, 0.5) is 0 Å². The van der Waals surface area contributed by atoms with Crippen molar-refractivity contribution in [3.8, 4) is 0 Å². The third-order valence-corrected chi connectivity index (χ3v) is 7.53. The van der Waals surface area contributed by atoms with Crippen LogP contribution in [0.15, 0.2) is 22.8 Å². The summed E-state index contributed by atoms with van der Waals surface area (Å²) in [5.74, 6) is 0.464. The van der Waals surface area contributed by atoms with Gasteiger partial charge in [-0.2, -0.15) is 0 Å². The van der Waals surface area contributed by atoms with E-state index in [0.29, 0.717) is 12.3 Å². The molecule has 0 radical (unpaired) electrons. The summed E-state index contributed by atoms with van der Waals surface area (Å²) in [5.41, 5.74) is 10.8. The van der Waals surface area contributed by atoms with Crippen molar-refractivity contribution in [3.63, 3.8) is 0 Å². The lowest BCUT2D eigenvalue weighted by Crippen LogP contribution is -2.47. The largest absolute Gasteiger partial charge is 0.389 e. The first-order valence-electron chi connectivity index (χ1n) is 8.92. The van der Waals surface area contributed by atoms with E-state index in [1.165, 1.54) is 16.7 Å². The van der Waals surface area contributed by atoms with E-state index in [2.05, 4.69) is 13.8 Å². The molecule has 0 aromatic heterocycles. The normalized spacial score (nSPS) is 51.0. The van der Waals surface area contributed by atoms with Gasteiger partial charge in [-0.15, -0.1) is 0 Å². The van der Waals surface area contributed by atoms with Gasteiger partial charge >= 0.3 is 0 Å². The quantitative estimate of drug-likeness (QED) is 0.603. The Morgan fingerprint density at radius 2 is 1.91 bits per heavy atom. The van der Waals surface area contributed by atoms with Crippen LogP contribution < -0.4 is 5.73 Å². The fraction of sp³-hybridized carbons (Fsp3) is 0.789. The third-order valence-electron chi connectivity index (χ3n) is 7.53. The molecule has 3 nitrogen and oxygen atoms in total. The molecule has 0 saturated heterocycles. The predicted octanol–water partition coefficient (Wildman–Crippen LogP) is 2.67. The van der Waals surface area contributed by atoms with E-state index in [9.17, 15) is 10.2 Å². The van der Waals surface area contributed by atoms with Crippen molar-refractivity contribution in [2.75, 3.05) is 0 Å². The van der Waals surface area contributed by atoms with Crippen molar-refractivity contribution in [2.45, 2.75) is 77.0 Å². The van der Waals surface area contributed by atoms with E-state index < -0.39 is 0 Å². The Labute approximate surface area is 133 Å². The van der Waals surface area contributed by atoms with E-state index in [4.69, 9.17) is 5.73 Å². The van der Waals surface area contributed by atoms with E-state index in [-0.39, 0.29) is 29.1 Å². The summed E-state index contributed by atoms with van der Waals surface area (Å²) in [5, 5.41) is 20.9. The van der Waals surface area contributed by atoms with Crippen LogP contribution in [0, 0.1) is 16.7 Å². The molecule has 22 heavy (non-hydrogen) atoms. The number of hydrogen-bond acceptors (Lipinski definition) is 3. The number of nitrogens with two attached hydrogens (primary N) is 1. The molecule has 0 aromatic rings. The summed E-state index contributed by atoms with van der Waals surface area (Å²) < 4.78 is 0. The highest BCUT2D eigenvalue weighted by Gasteiger charge is 2.54. The Hall–Kier alpha value is -0.640. The Morgan fingerprint density at radius 3 is 2.68 bits per heavy atom. The van der Waals surface area contributed by atoms with Crippen LogP contribution in [0.1, 0.15) is 58.8 Å². The minimum atomic E-state index is -0.366. The molecule has 0 aromatic carbocycles. The Kier molecular flexibility index (Phi) is 3.18. The second-order valence-electron chi connectivity index (χ2n) is 8.53. The van der Waals surface area contributed by atoms with Crippen molar-refractivity contribution >= 4 is 0 Å². The minimum Gasteiger partial charge on any atom is -0.389 e. The zero-order chi connectivity index (χ0) is 15.7. The average molecular weight is 303 g/mol. The summed E-state index contributed by atoms with van der Waals surface area (Å²) in [4.78, 5) is 0. The van der Waals surface area contributed by atoms with Crippen molar-refractivity contribution < 1.29 is 10.2 Å². The van der Waals surface area contributed by atoms with Crippen LogP contribution in [0.5, 0.6) is 0 Å². The Bertz CT molecular complexity index is 566. The van der Waals surface area contributed by atoms with Crippen LogP contribution in [0.3, 0.4) is 0 Å². The lowest BCUT2D eigenvalue weighted by Gasteiger charge is -2.52. The molecule has 0 spiro atoms. The first-order chi connectivity index (χ1) is 10.4. The molecule has 6 atom stereocenters. The zero-order valence-electron chi connectivity index (χ0n) is 13.8. The maximum atomic E-state index is 10.9. The van der Waals surface area contributed by atoms with E-state index in [1.807, 2.05) is 6.08 Å². The van der Waals surface area contributed by atoms with Crippen LogP contribution in [0.2, 0.25) is 0 Å². The standard InChI is InChI=1S/C19H29NO2/c1-18-7-5-12(21)9-11(18)10-15(22)17-13-3-4-16(20)19(13,2)8-6-14(17)18/h9,12-13,15-16,21-22H,3-8,10,20H2,1-2H3/t12-,13-,15-,16-,18-,19-/m0/s1. The van der Waals surface area contributed by atoms with E-state index in [1.54, 1.807) is 0 Å². The third kappa shape index (κ3) is 1.79. The van der Waals surface area contributed by atoms with Crippen LogP contribution in [-0.4, -0.2) is 28.5 Å². The fourth-order valence-electron chi connectivity index (χ4n) is 5.96. The van der Waals surface area contributed by atoms with Gasteiger partial charge in [0.2, 0.25) is 0 Å². The first kappa shape index (κ1) is 14.9. The smallest absolute Gasteiger partial charge is 0.0793 e. The molecule has 0 unspecified atom stereocenters. The molecule has 1 fully saturated rings. The summed E-state index contributed by atoms with van der Waals surface area (Å²) in [6.45, 7) is 4.67. The summed E-state index contributed by atoms with van der Waals surface area (Å²) in [7, 11) is 0. The molecule has 0 amide bonds. The van der Waals surface area contributed by atoms with Gasteiger partial charge in [-0.25, -0.2) is 0 Å². The van der Waals surface area contributed by atoms with E-state index >= 15 is 0 Å². The van der Waals surface area contributed by atoms with Crippen LogP contribution in [0.25, 0.3) is 0 Å². The van der Waals surface area contributed by atoms with E-state index in [0.717, 1.165) is 38.5 Å². The van der Waals surface area contributed by atoms with Gasteiger partial charge in [-0.1, -0.05) is 31.1 Å². The zero-order valence-corrected chi connectivity index (χ0v) is 13.8. The van der Waals surface area contributed by atoms with Gasteiger partial charge in [0.1, 0.15) is 0 Å². The lowest BCUT2D eigenvalue weighted by molar-refractivity contribution is 0.100. The number of rotatable bonds is 0. The summed E-state index contributed by atoms with van der Waals surface area (Å²) >= 11 is 0. The average Bonchev–Trinajstić information content (AvgIpc) is 2.77. The Balaban J connectivity index is 1.83. The van der Waals surface area contributed by atoms with Crippen LogP contribution >= 0.6 is 0 Å². The van der Waals surface area contributed by atoms with Gasteiger partial charge in [0, 0.05) is 11.5 Å². The van der Waals surface area contributed by atoms with Crippen molar-refractivity contribution in [1.82, 2.24) is 0 Å². The second-order valence-corrected chi connectivity index (χ2v) is 8.53. The van der Waals surface area contributed by atoms with Crippen LogP contribution in [-0.2, 0) is 0 Å². The molecule has 4 rings (SSSR count). The number of aliphatic hydroxyl groups is 2. The molecule has 4 N–H and O–H groups in total. The SMILES string of the molecule is C[C@]12CC[C@H](O)C=C1C[C@H](O)C1=C2CC[C@]2(C)[C@@H](N)CC[C@@H]12. The summed E-state index contributed by atoms with van der Waals surface area (Å²) in [6, 6.07) is 0.275. The highest BCUT2D eigenvalue weighted by atomic mass is 16.3. The molecule has 4 aliphatic rings. The maximum Gasteiger partial charge on any atom is 0.0793 e. The number of fused-ring (bicyclic) bond motifs is 4. The molecule has 0 aliphatic heterocycles. The van der Waals surface area contributed by atoms with Crippen molar-refractivity contribution in [1.29, 1.82) is 0 Å². The van der Waals surface area contributed by atoms with Gasteiger partial charge in [0.15, 0.2) is 0 Å². The minimum absolute atomic E-state index is 0.0712. The molecule has 0 heterocycles. The maximum absolute atomic E-state index is 10.9. The summed E-state index contributed by atoms with van der Waals surface area (Å²) in [6.07, 6.45) is 8.32. The monoisotopic (exact) mass is 303 g/mol. The fourth-order valence-corrected chi connectivity index (χ4v) is 5.96.